The van der Waals surface area contributed by atoms with Gasteiger partial charge in [-0.2, -0.15) is 23.4 Å². The monoisotopic (exact) mass is 590 g/mol. The molecule has 2 aromatic heterocycles. The molecule has 0 saturated carbocycles. The highest BCUT2D eigenvalue weighted by molar-refractivity contribution is 7.13. The molecule has 3 heterocycles. The number of thiazole rings is 1. The molecule has 0 spiro atoms. The van der Waals surface area contributed by atoms with E-state index in [1.165, 1.54) is 28.7 Å². The highest BCUT2D eigenvalue weighted by Gasteiger charge is 2.41. The van der Waals surface area contributed by atoms with E-state index < -0.39 is 40.8 Å². The maximum atomic E-state index is 14.7. The summed E-state index contributed by atoms with van der Waals surface area (Å²) in [6, 6.07) is 6.62. The fourth-order valence-electron chi connectivity index (χ4n) is 4.63. The molecule has 1 fully saturated rings. The molecule has 1 atom stereocenters. The van der Waals surface area contributed by atoms with E-state index in [0.717, 1.165) is 42.0 Å². The summed E-state index contributed by atoms with van der Waals surface area (Å²) in [6.07, 6.45) is -0.820. The van der Waals surface area contributed by atoms with Crippen LogP contribution in [0.4, 0.5) is 33.3 Å². The summed E-state index contributed by atoms with van der Waals surface area (Å²) in [6.45, 7) is 0.660. The highest BCUT2D eigenvalue weighted by Crippen LogP contribution is 2.49. The van der Waals surface area contributed by atoms with E-state index >= 15 is 0 Å². The Morgan fingerprint density at radius 2 is 1.93 bits per heavy atom. The third-order valence-electron chi connectivity index (χ3n) is 6.54. The van der Waals surface area contributed by atoms with Crippen LogP contribution in [0.15, 0.2) is 54.2 Å². The van der Waals surface area contributed by atoms with Crippen LogP contribution < -0.4 is 20.7 Å². The minimum absolute atomic E-state index is 0.0199. The van der Waals surface area contributed by atoms with Crippen LogP contribution in [0.5, 0.6) is 11.5 Å². The Labute approximate surface area is 235 Å². The van der Waals surface area contributed by atoms with E-state index in [1.54, 1.807) is 6.07 Å². The van der Waals surface area contributed by atoms with Gasteiger partial charge in [-0.25, -0.2) is 13.8 Å². The molecule has 2 aromatic carbocycles. The Bertz CT molecular complexity index is 1530. The van der Waals surface area contributed by atoms with Crippen LogP contribution in [-0.2, 0) is 6.18 Å². The van der Waals surface area contributed by atoms with Gasteiger partial charge in [0, 0.05) is 24.0 Å². The molecule has 4 aromatic rings. The van der Waals surface area contributed by atoms with E-state index in [2.05, 4.69) is 20.5 Å². The number of carbonyl (C=O) groups is 1. The fraction of sp³-hybridized carbons (Fsp3) is 0.259. The average molecular weight is 591 g/mol. The summed E-state index contributed by atoms with van der Waals surface area (Å²) in [5.41, 5.74) is 4.61. The molecular weight excluding hydrogens is 567 g/mol. The number of para-hydroxylation sites is 1. The van der Waals surface area contributed by atoms with Crippen molar-refractivity contribution in [1.29, 1.82) is 0 Å². The second-order valence-electron chi connectivity index (χ2n) is 9.30. The van der Waals surface area contributed by atoms with Gasteiger partial charge in [0.25, 0.3) is 5.91 Å². The Morgan fingerprint density at radius 1 is 1.15 bits per heavy atom. The zero-order valence-electron chi connectivity index (χ0n) is 21.3. The van der Waals surface area contributed by atoms with E-state index in [1.807, 2.05) is 0 Å². The molecule has 8 nitrogen and oxygen atoms in total. The Balaban J connectivity index is 1.58. The van der Waals surface area contributed by atoms with Gasteiger partial charge in [0.1, 0.15) is 22.0 Å². The van der Waals surface area contributed by atoms with E-state index in [-0.39, 0.29) is 42.6 Å². The van der Waals surface area contributed by atoms with Crippen LogP contribution >= 0.6 is 11.3 Å². The van der Waals surface area contributed by atoms with Crippen molar-refractivity contribution in [2.24, 2.45) is 11.7 Å². The molecule has 214 valence electrons. The van der Waals surface area contributed by atoms with Crippen molar-refractivity contribution in [3.8, 4) is 22.1 Å². The molecular formula is C27H23F5N6O2S. The molecule has 5 rings (SSSR count). The van der Waals surface area contributed by atoms with Gasteiger partial charge in [-0.1, -0.05) is 6.07 Å². The Kier molecular flexibility index (Phi) is 8.13. The highest BCUT2D eigenvalue weighted by atomic mass is 32.1. The van der Waals surface area contributed by atoms with Crippen LogP contribution in [0.1, 0.15) is 28.9 Å². The van der Waals surface area contributed by atoms with Gasteiger partial charge < -0.3 is 20.7 Å². The van der Waals surface area contributed by atoms with Crippen LogP contribution in [0.2, 0.25) is 0 Å². The minimum Gasteiger partial charge on any atom is -0.450 e. The van der Waals surface area contributed by atoms with E-state index in [0.29, 0.717) is 17.0 Å². The maximum absolute atomic E-state index is 14.7. The van der Waals surface area contributed by atoms with Crippen molar-refractivity contribution in [2.45, 2.75) is 19.0 Å². The second-order valence-corrected chi connectivity index (χ2v) is 10.2. The first-order valence-corrected chi connectivity index (χ1v) is 13.4. The quantitative estimate of drug-likeness (QED) is 0.250. The first-order valence-electron chi connectivity index (χ1n) is 12.5. The third kappa shape index (κ3) is 6.12. The number of aromatic nitrogens is 3. The van der Waals surface area contributed by atoms with Gasteiger partial charge >= 0.3 is 6.18 Å². The second kappa shape index (κ2) is 11.7. The Hall–Kier alpha value is -4.17. The first-order chi connectivity index (χ1) is 19.7. The summed E-state index contributed by atoms with van der Waals surface area (Å²) in [7, 11) is 0. The number of hydrogen-bond acceptors (Lipinski definition) is 8. The largest absolute Gasteiger partial charge is 0.450 e. The smallest absolute Gasteiger partial charge is 0.422 e. The number of hydrogen-bond donors (Lipinski definition) is 2. The lowest BCUT2D eigenvalue weighted by atomic mass is 9.96. The van der Waals surface area contributed by atoms with Crippen molar-refractivity contribution in [2.75, 3.05) is 29.9 Å². The number of nitrogens with one attached hydrogen (secondary N) is 1. The molecule has 14 heteroatoms. The number of alkyl halides is 3. The van der Waals surface area contributed by atoms with Gasteiger partial charge in [-0.15, -0.1) is 11.3 Å². The first kappa shape index (κ1) is 28.4. The number of ether oxygens (including phenoxy) is 1. The molecule has 0 aliphatic carbocycles. The van der Waals surface area contributed by atoms with Gasteiger partial charge in [-0.3, -0.25) is 4.79 Å². The van der Waals surface area contributed by atoms with Crippen molar-refractivity contribution in [3.05, 3.63) is 77.1 Å². The van der Waals surface area contributed by atoms with Crippen molar-refractivity contribution in [3.63, 3.8) is 0 Å². The van der Waals surface area contributed by atoms with E-state index in [9.17, 15) is 26.7 Å². The van der Waals surface area contributed by atoms with Crippen molar-refractivity contribution in [1.82, 2.24) is 15.2 Å². The fourth-order valence-corrected chi connectivity index (χ4v) is 5.42. The molecule has 41 heavy (non-hydrogen) atoms. The van der Waals surface area contributed by atoms with Gasteiger partial charge in [-0.05, 0) is 55.6 Å². The molecule has 1 aliphatic heterocycles. The number of carbonyl (C=O) groups excluding carboxylic acids is 1. The average Bonchev–Trinajstić information content (AvgIpc) is 3.46. The summed E-state index contributed by atoms with van der Waals surface area (Å²) in [5.74, 6) is -4.96. The normalized spacial score (nSPS) is 15.6. The predicted octanol–water partition coefficient (Wildman–Crippen LogP) is 6.12. The summed E-state index contributed by atoms with van der Waals surface area (Å²) in [5, 5.41) is 12.0. The number of amides is 1. The summed E-state index contributed by atoms with van der Waals surface area (Å²) >= 11 is 1.16. The number of rotatable bonds is 7. The topological polar surface area (TPSA) is 106 Å². The number of anilines is 2. The van der Waals surface area contributed by atoms with Crippen LogP contribution in [-0.4, -0.2) is 40.7 Å². The van der Waals surface area contributed by atoms with Gasteiger partial charge in [0.05, 0.1) is 23.8 Å². The summed E-state index contributed by atoms with van der Waals surface area (Å²) in [4.78, 5) is 19.0. The zero-order valence-corrected chi connectivity index (χ0v) is 22.1. The SMILES string of the molecule is NC[C@@H]1CCCN(c2c(NC(=O)c3csc(-c4ccnnc4)n3)ccc(Oc3c(F)cccc3F)c2C(F)(F)F)C1. The Morgan fingerprint density at radius 3 is 2.61 bits per heavy atom. The number of nitrogens with zero attached hydrogens (tertiary/aromatic N) is 4. The van der Waals surface area contributed by atoms with Gasteiger partial charge in [0.2, 0.25) is 0 Å². The van der Waals surface area contributed by atoms with Crippen LogP contribution in [0.3, 0.4) is 0 Å². The summed E-state index contributed by atoms with van der Waals surface area (Å²) < 4.78 is 78.1. The maximum Gasteiger partial charge on any atom is 0.422 e. The van der Waals surface area contributed by atoms with Crippen molar-refractivity contribution >= 4 is 28.6 Å². The van der Waals surface area contributed by atoms with Crippen LogP contribution in [0.25, 0.3) is 10.6 Å². The lowest BCUT2D eigenvalue weighted by molar-refractivity contribution is -0.138. The van der Waals surface area contributed by atoms with Crippen molar-refractivity contribution < 1.29 is 31.5 Å². The number of piperidine rings is 1. The molecule has 1 saturated heterocycles. The standard InChI is InChI=1S/C27H23F5N6O2S/c28-17-4-1-5-18(29)24(17)40-21-7-6-19(23(22(21)27(30,31)32)38-10-2-3-15(11-33)13-38)36-25(39)20-14-41-26(37-20)16-8-9-34-35-12-16/h1,4-9,12,14-15H,2-3,10-11,13,33H2,(H,36,39)/t15-/m0/s1. The van der Waals surface area contributed by atoms with E-state index in [4.69, 9.17) is 10.5 Å². The zero-order chi connectivity index (χ0) is 29.1. The number of halogens is 5. The molecule has 1 aliphatic rings. The molecule has 0 bridgehead atoms. The minimum atomic E-state index is -5.02. The number of nitrogens with two attached hydrogens (primary N) is 1. The number of benzene rings is 2. The van der Waals surface area contributed by atoms with Gasteiger partial charge in [0.15, 0.2) is 17.4 Å². The molecule has 3 N–H and O–H groups in total. The molecule has 1 amide bonds. The molecule has 0 unspecified atom stereocenters. The third-order valence-corrected chi connectivity index (χ3v) is 7.43. The lowest BCUT2D eigenvalue weighted by Crippen LogP contribution is -2.40. The molecule has 0 radical (unpaired) electrons. The predicted molar refractivity (Wildman–Crippen MR) is 143 cm³/mol. The van der Waals surface area contributed by atoms with Crippen LogP contribution in [0, 0.1) is 17.6 Å². The lowest BCUT2D eigenvalue weighted by Gasteiger charge is -2.37.